The summed E-state index contributed by atoms with van der Waals surface area (Å²) in [5.74, 6) is 0.0346. The molecule has 0 aliphatic heterocycles. The Kier molecular flexibility index (Phi) is 5.06. The molecule has 0 saturated carbocycles. The van der Waals surface area contributed by atoms with E-state index in [-0.39, 0.29) is 11.8 Å². The summed E-state index contributed by atoms with van der Waals surface area (Å²) in [5.41, 5.74) is 0. The van der Waals surface area contributed by atoms with Gasteiger partial charge in [-0.1, -0.05) is 12.2 Å². The second-order valence-corrected chi connectivity index (χ2v) is 3.49. The summed E-state index contributed by atoms with van der Waals surface area (Å²) in [4.78, 5) is 14.2. The van der Waals surface area contributed by atoms with E-state index in [1.165, 1.54) is 0 Å². The molecule has 0 rings (SSSR count). The van der Waals surface area contributed by atoms with Crippen LogP contribution in [0.25, 0.3) is 0 Å². The van der Waals surface area contributed by atoms with Crippen LogP contribution in [0, 0.1) is 5.92 Å². The maximum Gasteiger partial charge on any atom is 0.230 e. The van der Waals surface area contributed by atoms with E-state index >= 15 is 0 Å². The Balaban J connectivity index is 4.25. The van der Waals surface area contributed by atoms with E-state index in [2.05, 4.69) is 0 Å². The Bertz CT molecular complexity index is 175. The molecular formula is C9H17NOS. The highest BCUT2D eigenvalue weighted by Gasteiger charge is 2.18. The van der Waals surface area contributed by atoms with Crippen molar-refractivity contribution < 1.29 is 4.79 Å². The van der Waals surface area contributed by atoms with Crippen LogP contribution in [0.5, 0.6) is 0 Å². The third kappa shape index (κ3) is 2.89. The first kappa shape index (κ1) is 11.6. The third-order valence-electron chi connectivity index (χ3n) is 2.06. The van der Waals surface area contributed by atoms with Crippen LogP contribution >= 0.6 is 12.2 Å². The Labute approximate surface area is 79.9 Å². The summed E-state index contributed by atoms with van der Waals surface area (Å²) in [6.07, 6.45) is 0. The van der Waals surface area contributed by atoms with Crippen molar-refractivity contribution >= 4 is 23.0 Å². The predicted octanol–water partition coefficient (Wildman–Crippen LogP) is 1.88. The van der Waals surface area contributed by atoms with Gasteiger partial charge in [0.2, 0.25) is 5.91 Å². The highest BCUT2D eigenvalue weighted by Crippen LogP contribution is 2.04. The molecule has 0 aliphatic rings. The maximum absolute atomic E-state index is 11.6. The molecule has 0 aliphatic carbocycles. The first-order chi connectivity index (χ1) is 5.54. The Morgan fingerprint density at radius 2 is 1.83 bits per heavy atom. The van der Waals surface area contributed by atoms with E-state index in [1.807, 2.05) is 27.7 Å². The number of amides is 1. The van der Waals surface area contributed by atoms with Gasteiger partial charge in [-0.2, -0.15) is 0 Å². The van der Waals surface area contributed by atoms with E-state index < -0.39 is 0 Å². The molecule has 0 aromatic carbocycles. The molecule has 0 aromatic rings. The minimum atomic E-state index is -0.111. The highest BCUT2D eigenvalue weighted by atomic mass is 32.1. The fourth-order valence-electron chi connectivity index (χ4n) is 0.983. The number of rotatable bonds is 4. The topological polar surface area (TPSA) is 20.3 Å². The first-order valence-electron chi connectivity index (χ1n) is 4.33. The molecule has 0 radical (unpaired) electrons. The molecule has 12 heavy (non-hydrogen) atoms. The van der Waals surface area contributed by atoms with Gasteiger partial charge >= 0.3 is 0 Å². The molecular weight excluding hydrogens is 170 g/mol. The van der Waals surface area contributed by atoms with Crippen molar-refractivity contribution in [1.29, 1.82) is 0 Å². The summed E-state index contributed by atoms with van der Waals surface area (Å²) < 4.78 is 0. The standard InChI is InChI=1S/C9H17NOS/c1-5-10(6-2)9(11)7(3)8(4)12/h7H,5-6H2,1-4H3/t7-/m0/s1. The quantitative estimate of drug-likeness (QED) is 0.626. The lowest BCUT2D eigenvalue weighted by molar-refractivity contribution is -0.132. The van der Waals surface area contributed by atoms with Crippen molar-refractivity contribution in [2.75, 3.05) is 13.1 Å². The lowest BCUT2D eigenvalue weighted by Gasteiger charge is -2.22. The van der Waals surface area contributed by atoms with E-state index in [4.69, 9.17) is 12.2 Å². The van der Waals surface area contributed by atoms with Crippen LogP contribution < -0.4 is 0 Å². The van der Waals surface area contributed by atoms with E-state index in [9.17, 15) is 4.79 Å². The van der Waals surface area contributed by atoms with Gasteiger partial charge in [0.05, 0.1) is 5.92 Å². The van der Waals surface area contributed by atoms with Crippen LogP contribution in [0.15, 0.2) is 0 Å². The van der Waals surface area contributed by atoms with Crippen LogP contribution in [0.4, 0.5) is 0 Å². The Morgan fingerprint density at radius 3 is 2.08 bits per heavy atom. The average Bonchev–Trinajstić information content (AvgIpc) is 2.05. The molecule has 0 saturated heterocycles. The molecule has 2 nitrogen and oxygen atoms in total. The maximum atomic E-state index is 11.6. The second kappa shape index (κ2) is 5.25. The van der Waals surface area contributed by atoms with Gasteiger partial charge in [0.25, 0.3) is 0 Å². The number of thiocarbonyl (C=S) groups is 1. The molecule has 70 valence electrons. The number of hydrogen-bond acceptors (Lipinski definition) is 2. The van der Waals surface area contributed by atoms with E-state index in [0.717, 1.165) is 18.0 Å². The van der Waals surface area contributed by atoms with Crippen molar-refractivity contribution in [2.24, 2.45) is 5.92 Å². The SMILES string of the molecule is CCN(CC)C(=O)[C@@H](C)C(C)=S. The summed E-state index contributed by atoms with van der Waals surface area (Å²) >= 11 is 4.96. The van der Waals surface area contributed by atoms with E-state index in [1.54, 1.807) is 4.90 Å². The van der Waals surface area contributed by atoms with Crippen LogP contribution in [0.3, 0.4) is 0 Å². The highest BCUT2D eigenvalue weighted by molar-refractivity contribution is 7.80. The lowest BCUT2D eigenvalue weighted by atomic mass is 10.1. The summed E-state index contributed by atoms with van der Waals surface area (Å²) in [6.45, 7) is 9.18. The van der Waals surface area contributed by atoms with Gasteiger partial charge in [0, 0.05) is 18.0 Å². The van der Waals surface area contributed by atoms with Gasteiger partial charge in [-0.05, 0) is 27.7 Å². The third-order valence-corrected chi connectivity index (χ3v) is 2.41. The molecule has 0 spiro atoms. The molecule has 0 heterocycles. The van der Waals surface area contributed by atoms with Crippen molar-refractivity contribution in [2.45, 2.75) is 27.7 Å². The van der Waals surface area contributed by atoms with Crippen LogP contribution in [0.2, 0.25) is 0 Å². The number of carbonyl (C=O) groups is 1. The Morgan fingerprint density at radius 1 is 1.42 bits per heavy atom. The van der Waals surface area contributed by atoms with Gasteiger partial charge in [-0.3, -0.25) is 4.79 Å². The fraction of sp³-hybridized carbons (Fsp3) is 0.778. The van der Waals surface area contributed by atoms with Crippen molar-refractivity contribution in [3.05, 3.63) is 0 Å². The molecule has 0 fully saturated rings. The van der Waals surface area contributed by atoms with Gasteiger partial charge in [0.15, 0.2) is 0 Å². The zero-order valence-corrected chi connectivity index (χ0v) is 9.07. The van der Waals surface area contributed by atoms with Gasteiger partial charge in [-0.15, -0.1) is 0 Å². The van der Waals surface area contributed by atoms with Crippen LogP contribution in [-0.4, -0.2) is 28.8 Å². The fourth-order valence-corrected chi connectivity index (χ4v) is 1.08. The van der Waals surface area contributed by atoms with Gasteiger partial charge < -0.3 is 4.90 Å². The zero-order chi connectivity index (χ0) is 9.72. The summed E-state index contributed by atoms with van der Waals surface area (Å²) in [5, 5.41) is 0. The van der Waals surface area contributed by atoms with Gasteiger partial charge in [-0.25, -0.2) is 0 Å². The molecule has 3 heteroatoms. The number of carbonyl (C=O) groups excluding carboxylic acids is 1. The normalized spacial score (nSPS) is 12.3. The van der Waals surface area contributed by atoms with Crippen LogP contribution in [-0.2, 0) is 4.79 Å². The molecule has 0 unspecified atom stereocenters. The van der Waals surface area contributed by atoms with E-state index in [0.29, 0.717) is 0 Å². The molecule has 0 N–H and O–H groups in total. The van der Waals surface area contributed by atoms with Crippen LogP contribution in [0.1, 0.15) is 27.7 Å². The minimum Gasteiger partial charge on any atom is -0.343 e. The van der Waals surface area contributed by atoms with Crippen molar-refractivity contribution in [1.82, 2.24) is 4.90 Å². The largest absolute Gasteiger partial charge is 0.343 e. The summed E-state index contributed by atoms with van der Waals surface area (Å²) in [7, 11) is 0. The predicted molar refractivity (Wildman–Crippen MR) is 55.4 cm³/mol. The zero-order valence-electron chi connectivity index (χ0n) is 8.26. The Hall–Kier alpha value is -0.440. The average molecular weight is 187 g/mol. The number of hydrogen-bond donors (Lipinski definition) is 0. The molecule has 1 atom stereocenters. The summed E-state index contributed by atoms with van der Waals surface area (Å²) in [6, 6.07) is 0. The molecule has 0 bridgehead atoms. The van der Waals surface area contributed by atoms with Crippen molar-refractivity contribution in [3.63, 3.8) is 0 Å². The molecule has 0 aromatic heterocycles. The van der Waals surface area contributed by atoms with Gasteiger partial charge in [0.1, 0.15) is 0 Å². The minimum absolute atomic E-state index is 0.111. The molecule has 1 amide bonds. The monoisotopic (exact) mass is 187 g/mol. The van der Waals surface area contributed by atoms with Crippen molar-refractivity contribution in [3.8, 4) is 0 Å². The first-order valence-corrected chi connectivity index (χ1v) is 4.74. The lowest BCUT2D eigenvalue weighted by Crippen LogP contribution is -2.36. The second-order valence-electron chi connectivity index (χ2n) is 2.84. The smallest absolute Gasteiger partial charge is 0.230 e. The number of nitrogens with zero attached hydrogens (tertiary/aromatic N) is 1.